The molecule has 1 unspecified atom stereocenters. The molecule has 14 heavy (non-hydrogen) atoms. The van der Waals surface area contributed by atoms with E-state index in [1.165, 1.54) is 5.56 Å². The third kappa shape index (κ3) is 2.00. The number of nitrogens with zero attached hydrogens (tertiary/aromatic N) is 1. The van der Waals surface area contributed by atoms with Gasteiger partial charge in [0.25, 0.3) is 0 Å². The van der Waals surface area contributed by atoms with Crippen molar-refractivity contribution in [2.75, 3.05) is 13.1 Å². The van der Waals surface area contributed by atoms with Gasteiger partial charge >= 0.3 is 0 Å². The highest BCUT2D eigenvalue weighted by Crippen LogP contribution is 2.26. The predicted octanol–water partition coefficient (Wildman–Crippen LogP) is 2.19. The second-order valence-corrected chi connectivity index (χ2v) is 4.75. The van der Waals surface area contributed by atoms with Gasteiger partial charge < -0.3 is 5.11 Å². The van der Waals surface area contributed by atoms with Gasteiger partial charge in [-0.2, -0.15) is 0 Å². The molecular weight excluding hydrogens is 242 g/mol. The minimum absolute atomic E-state index is 0.118. The average Bonchev–Trinajstić information content (AvgIpc) is 2.13. The van der Waals surface area contributed by atoms with Crippen LogP contribution in [-0.4, -0.2) is 29.2 Å². The van der Waals surface area contributed by atoms with Crippen molar-refractivity contribution < 1.29 is 5.11 Å². The minimum Gasteiger partial charge on any atom is -0.390 e. The molecule has 1 N–H and O–H groups in total. The summed E-state index contributed by atoms with van der Waals surface area (Å²) in [4.78, 5) is 2.27. The number of likely N-dealkylation sites (tertiary alicyclic amines) is 1. The van der Waals surface area contributed by atoms with Gasteiger partial charge in [0, 0.05) is 23.6 Å². The van der Waals surface area contributed by atoms with Crippen molar-refractivity contribution in [3.8, 4) is 0 Å². The molecule has 0 bridgehead atoms. The van der Waals surface area contributed by atoms with Crippen molar-refractivity contribution >= 4 is 15.9 Å². The summed E-state index contributed by atoms with van der Waals surface area (Å²) in [5.74, 6) is 0. The van der Waals surface area contributed by atoms with Crippen LogP contribution < -0.4 is 0 Å². The van der Waals surface area contributed by atoms with Crippen LogP contribution in [0.15, 0.2) is 28.7 Å². The van der Waals surface area contributed by atoms with E-state index in [4.69, 9.17) is 0 Å². The van der Waals surface area contributed by atoms with Crippen LogP contribution in [0, 0.1) is 0 Å². The van der Waals surface area contributed by atoms with Gasteiger partial charge in [-0.3, -0.25) is 4.90 Å². The zero-order chi connectivity index (χ0) is 10.1. The number of hydrogen-bond donors (Lipinski definition) is 1. The highest BCUT2D eigenvalue weighted by molar-refractivity contribution is 9.10. The molecule has 1 atom stereocenters. The summed E-state index contributed by atoms with van der Waals surface area (Å²) in [5, 5.41) is 9.21. The predicted molar refractivity (Wildman–Crippen MR) is 60.1 cm³/mol. The van der Waals surface area contributed by atoms with Crippen molar-refractivity contribution in [2.45, 2.75) is 19.1 Å². The topological polar surface area (TPSA) is 23.5 Å². The molecule has 1 aliphatic rings. The van der Waals surface area contributed by atoms with E-state index in [0.717, 1.165) is 17.6 Å². The van der Waals surface area contributed by atoms with E-state index in [9.17, 15) is 5.11 Å². The first-order valence-corrected chi connectivity index (χ1v) is 5.63. The molecule has 1 fully saturated rings. The van der Waals surface area contributed by atoms with Crippen molar-refractivity contribution in [1.29, 1.82) is 0 Å². The van der Waals surface area contributed by atoms with E-state index in [2.05, 4.69) is 52.0 Å². The SMILES string of the molecule is CC(c1ccc(Br)cc1)N1CC(O)C1. The Labute approximate surface area is 92.7 Å². The Bertz CT molecular complexity index is 306. The highest BCUT2D eigenvalue weighted by Gasteiger charge is 2.28. The van der Waals surface area contributed by atoms with Gasteiger partial charge in [-0.05, 0) is 24.6 Å². The number of halogens is 1. The molecule has 0 amide bonds. The van der Waals surface area contributed by atoms with E-state index in [0.29, 0.717) is 6.04 Å². The fourth-order valence-electron chi connectivity index (χ4n) is 1.76. The van der Waals surface area contributed by atoms with Gasteiger partial charge in [-0.25, -0.2) is 0 Å². The fraction of sp³-hybridized carbons (Fsp3) is 0.455. The lowest BCUT2D eigenvalue weighted by molar-refractivity contribution is -0.0211. The Kier molecular flexibility index (Phi) is 2.91. The van der Waals surface area contributed by atoms with E-state index < -0.39 is 0 Å². The van der Waals surface area contributed by atoms with E-state index in [1.54, 1.807) is 0 Å². The summed E-state index contributed by atoms with van der Waals surface area (Å²) in [6, 6.07) is 8.77. The van der Waals surface area contributed by atoms with E-state index in [-0.39, 0.29) is 6.10 Å². The second-order valence-electron chi connectivity index (χ2n) is 3.84. The molecule has 1 aliphatic heterocycles. The molecule has 0 spiro atoms. The molecule has 1 saturated heterocycles. The Morgan fingerprint density at radius 3 is 2.43 bits per heavy atom. The van der Waals surface area contributed by atoms with Crippen molar-refractivity contribution in [1.82, 2.24) is 4.90 Å². The first-order valence-electron chi connectivity index (χ1n) is 4.84. The molecule has 1 aromatic carbocycles. The van der Waals surface area contributed by atoms with Crippen LogP contribution in [0.25, 0.3) is 0 Å². The zero-order valence-corrected chi connectivity index (χ0v) is 9.74. The number of aliphatic hydroxyl groups excluding tert-OH is 1. The molecule has 0 aromatic heterocycles. The fourth-order valence-corrected chi connectivity index (χ4v) is 2.02. The molecule has 0 radical (unpaired) electrons. The van der Waals surface area contributed by atoms with Gasteiger partial charge in [-0.15, -0.1) is 0 Å². The van der Waals surface area contributed by atoms with Crippen LogP contribution >= 0.6 is 15.9 Å². The van der Waals surface area contributed by atoms with Gasteiger partial charge in [0.2, 0.25) is 0 Å². The Morgan fingerprint density at radius 2 is 1.93 bits per heavy atom. The maximum absolute atomic E-state index is 9.21. The average molecular weight is 256 g/mol. The van der Waals surface area contributed by atoms with E-state index >= 15 is 0 Å². The lowest BCUT2D eigenvalue weighted by atomic mass is 10.0. The maximum atomic E-state index is 9.21. The van der Waals surface area contributed by atoms with Crippen LogP contribution in [0.2, 0.25) is 0 Å². The second kappa shape index (κ2) is 4.01. The smallest absolute Gasteiger partial charge is 0.0794 e. The summed E-state index contributed by atoms with van der Waals surface area (Å²) < 4.78 is 1.11. The molecule has 2 rings (SSSR count). The molecule has 1 heterocycles. The lowest BCUT2D eigenvalue weighted by Gasteiger charge is -2.40. The Morgan fingerprint density at radius 1 is 1.36 bits per heavy atom. The van der Waals surface area contributed by atoms with Crippen LogP contribution in [0.4, 0.5) is 0 Å². The summed E-state index contributed by atoms with van der Waals surface area (Å²) in [6.07, 6.45) is -0.118. The van der Waals surface area contributed by atoms with Crippen molar-refractivity contribution in [3.63, 3.8) is 0 Å². The van der Waals surface area contributed by atoms with Crippen LogP contribution in [0.3, 0.4) is 0 Å². The van der Waals surface area contributed by atoms with Crippen LogP contribution in [0.5, 0.6) is 0 Å². The van der Waals surface area contributed by atoms with Crippen molar-refractivity contribution in [3.05, 3.63) is 34.3 Å². The maximum Gasteiger partial charge on any atom is 0.0794 e. The largest absolute Gasteiger partial charge is 0.390 e. The summed E-state index contributed by atoms with van der Waals surface area (Å²) in [7, 11) is 0. The number of hydrogen-bond acceptors (Lipinski definition) is 2. The first kappa shape index (κ1) is 10.1. The third-order valence-corrected chi connectivity index (χ3v) is 3.32. The highest BCUT2D eigenvalue weighted by atomic mass is 79.9. The zero-order valence-electron chi connectivity index (χ0n) is 8.15. The van der Waals surface area contributed by atoms with Gasteiger partial charge in [-0.1, -0.05) is 28.1 Å². The van der Waals surface area contributed by atoms with Crippen molar-refractivity contribution in [2.24, 2.45) is 0 Å². The number of rotatable bonds is 2. The number of β-amino-alcohol motifs (C(OH)–C–C–N with tert-alkyl or cyclic N) is 1. The van der Waals surface area contributed by atoms with Gasteiger partial charge in [0.05, 0.1) is 6.10 Å². The van der Waals surface area contributed by atoms with Crippen LogP contribution in [-0.2, 0) is 0 Å². The van der Waals surface area contributed by atoms with E-state index in [1.807, 2.05) is 0 Å². The summed E-state index contributed by atoms with van der Waals surface area (Å²) in [5.41, 5.74) is 1.31. The van der Waals surface area contributed by atoms with Gasteiger partial charge in [0.1, 0.15) is 0 Å². The summed E-state index contributed by atoms with van der Waals surface area (Å²) in [6.45, 7) is 3.78. The quantitative estimate of drug-likeness (QED) is 0.876. The molecular formula is C11H14BrNO. The molecule has 0 saturated carbocycles. The Balaban J connectivity index is 2.04. The molecule has 2 nitrogen and oxygen atoms in total. The molecule has 0 aliphatic carbocycles. The molecule has 3 heteroatoms. The first-order chi connectivity index (χ1) is 6.66. The normalized spacial score (nSPS) is 20.5. The monoisotopic (exact) mass is 255 g/mol. The summed E-state index contributed by atoms with van der Waals surface area (Å²) >= 11 is 3.42. The Hall–Kier alpha value is -0.380. The number of aliphatic hydroxyl groups is 1. The standard InChI is InChI=1S/C11H14BrNO/c1-8(13-6-11(14)7-13)9-2-4-10(12)5-3-9/h2-5,8,11,14H,6-7H2,1H3. The third-order valence-electron chi connectivity index (χ3n) is 2.79. The lowest BCUT2D eigenvalue weighted by Crippen LogP contribution is -2.51. The minimum atomic E-state index is -0.118. The van der Waals surface area contributed by atoms with Gasteiger partial charge in [0.15, 0.2) is 0 Å². The van der Waals surface area contributed by atoms with Crippen LogP contribution in [0.1, 0.15) is 18.5 Å². The number of benzene rings is 1. The molecule has 76 valence electrons. The molecule has 1 aromatic rings.